The number of aromatic nitrogens is 2. The molecule has 170 valence electrons. The van der Waals surface area contributed by atoms with E-state index in [1.54, 1.807) is 38.4 Å². The van der Waals surface area contributed by atoms with E-state index in [1.165, 1.54) is 12.1 Å². The first-order valence-corrected chi connectivity index (χ1v) is 10.6. The highest BCUT2D eigenvalue weighted by atomic mass is 19.3. The van der Waals surface area contributed by atoms with Gasteiger partial charge in [-0.3, -0.25) is 9.97 Å². The zero-order valence-corrected chi connectivity index (χ0v) is 17.9. The van der Waals surface area contributed by atoms with Gasteiger partial charge in [0, 0.05) is 22.8 Å². The van der Waals surface area contributed by atoms with Crippen LogP contribution in [-0.2, 0) is 5.60 Å². The second-order valence-electron chi connectivity index (χ2n) is 8.89. The number of aliphatic hydroxyl groups is 2. The fourth-order valence-corrected chi connectivity index (χ4v) is 4.27. The average Bonchev–Trinajstić information content (AvgIpc) is 2.76. The van der Waals surface area contributed by atoms with Crippen LogP contribution in [0.5, 0.6) is 0 Å². The van der Waals surface area contributed by atoms with Crippen molar-refractivity contribution in [1.29, 1.82) is 0 Å². The monoisotopic (exact) mass is 445 g/mol. The Morgan fingerprint density at radius 3 is 2.41 bits per heavy atom. The Balaban J connectivity index is 1.67. The van der Waals surface area contributed by atoms with Crippen molar-refractivity contribution in [3.8, 4) is 0 Å². The summed E-state index contributed by atoms with van der Waals surface area (Å²) in [6.45, 7) is 3.45. The highest BCUT2D eigenvalue weighted by Crippen LogP contribution is 2.41. The molecule has 8 heteroatoms. The number of nitrogens with zero attached hydrogens (tertiary/aromatic N) is 2. The van der Waals surface area contributed by atoms with Crippen molar-refractivity contribution in [3.05, 3.63) is 65.4 Å². The maximum Gasteiger partial charge on any atom is 0.266 e. The third kappa shape index (κ3) is 4.29. The molecule has 0 amide bonds. The molecule has 4 rings (SSSR count). The summed E-state index contributed by atoms with van der Waals surface area (Å²) < 4.78 is 40.8. The van der Waals surface area contributed by atoms with E-state index in [2.05, 4.69) is 15.3 Å². The van der Waals surface area contributed by atoms with Crippen LogP contribution < -0.4 is 5.32 Å². The topological polar surface area (TPSA) is 78.3 Å². The molecular weight excluding hydrogens is 419 g/mol. The molecule has 1 aliphatic carbocycles. The Hall–Kier alpha value is -2.71. The molecule has 1 saturated carbocycles. The summed E-state index contributed by atoms with van der Waals surface area (Å²) in [5.41, 5.74) is -0.766. The number of alkyl halides is 2. The van der Waals surface area contributed by atoms with Crippen LogP contribution >= 0.6 is 0 Å². The van der Waals surface area contributed by atoms with E-state index in [9.17, 15) is 23.4 Å². The van der Waals surface area contributed by atoms with E-state index in [0.29, 0.717) is 48.0 Å². The smallest absolute Gasteiger partial charge is 0.266 e. The second-order valence-corrected chi connectivity index (χ2v) is 8.89. The van der Waals surface area contributed by atoms with Crippen molar-refractivity contribution in [2.24, 2.45) is 0 Å². The Kier molecular flexibility index (Phi) is 5.85. The van der Waals surface area contributed by atoms with Crippen LogP contribution in [0.4, 0.5) is 18.9 Å². The predicted molar refractivity (Wildman–Crippen MR) is 116 cm³/mol. The molecule has 1 fully saturated rings. The number of benzene rings is 1. The first-order chi connectivity index (χ1) is 15.1. The predicted octanol–water partition coefficient (Wildman–Crippen LogP) is 5.39. The highest BCUT2D eigenvalue weighted by Gasteiger charge is 2.40. The number of hydrogen-bond acceptors (Lipinski definition) is 5. The average molecular weight is 445 g/mol. The van der Waals surface area contributed by atoms with Gasteiger partial charge in [-0.05, 0) is 51.7 Å². The van der Waals surface area contributed by atoms with Crippen molar-refractivity contribution >= 4 is 16.6 Å². The lowest BCUT2D eigenvalue weighted by Gasteiger charge is -2.38. The molecule has 2 heterocycles. The second kappa shape index (κ2) is 8.33. The van der Waals surface area contributed by atoms with E-state index >= 15 is 0 Å². The molecule has 0 aliphatic heterocycles. The Morgan fingerprint density at radius 2 is 1.72 bits per heavy atom. The third-order valence-corrected chi connectivity index (χ3v) is 6.39. The molecule has 2 aromatic heterocycles. The summed E-state index contributed by atoms with van der Waals surface area (Å²) in [4.78, 5) is 8.72. The fourth-order valence-electron chi connectivity index (χ4n) is 4.27. The van der Waals surface area contributed by atoms with Gasteiger partial charge in [0.2, 0.25) is 0 Å². The molecule has 5 nitrogen and oxygen atoms in total. The number of anilines is 1. The molecule has 1 atom stereocenters. The lowest BCUT2D eigenvalue weighted by molar-refractivity contribution is -0.0778. The first kappa shape index (κ1) is 22.5. The van der Waals surface area contributed by atoms with E-state index < -0.39 is 35.1 Å². The van der Waals surface area contributed by atoms with Crippen molar-refractivity contribution in [2.45, 2.75) is 63.2 Å². The van der Waals surface area contributed by atoms with Gasteiger partial charge >= 0.3 is 0 Å². The number of rotatable bonds is 5. The zero-order valence-electron chi connectivity index (χ0n) is 17.9. The van der Waals surface area contributed by atoms with Crippen LogP contribution in [0.15, 0.2) is 42.7 Å². The molecule has 1 aromatic carbocycles. The Bertz CT molecular complexity index is 1130. The van der Waals surface area contributed by atoms with Crippen molar-refractivity contribution in [1.82, 2.24) is 9.97 Å². The SMILES string of the molecule is C[C@@H](Nc1ccnc2cnc(C3(O)CCC(C)(O)CC3)cc12)c1cccc(C(F)F)c1F. The molecular formula is C24H26F3N3O2. The third-order valence-electron chi connectivity index (χ3n) is 6.39. The van der Waals surface area contributed by atoms with E-state index in [-0.39, 0.29) is 5.56 Å². The van der Waals surface area contributed by atoms with E-state index in [4.69, 9.17) is 0 Å². The van der Waals surface area contributed by atoms with Crippen LogP contribution in [0.25, 0.3) is 10.9 Å². The van der Waals surface area contributed by atoms with Crippen LogP contribution in [0.1, 0.15) is 68.8 Å². The van der Waals surface area contributed by atoms with E-state index in [1.807, 2.05) is 0 Å². The van der Waals surface area contributed by atoms with Crippen LogP contribution in [0.2, 0.25) is 0 Å². The highest BCUT2D eigenvalue weighted by molar-refractivity contribution is 5.91. The molecule has 3 N–H and O–H groups in total. The first-order valence-electron chi connectivity index (χ1n) is 10.6. The summed E-state index contributed by atoms with van der Waals surface area (Å²) in [6.07, 6.45) is 1.93. The molecule has 0 spiro atoms. The maximum absolute atomic E-state index is 14.6. The molecule has 0 radical (unpaired) electrons. The molecule has 3 aromatic rings. The minimum atomic E-state index is -2.89. The van der Waals surface area contributed by atoms with Gasteiger partial charge in [-0.25, -0.2) is 13.2 Å². The minimum absolute atomic E-state index is 0.134. The quantitative estimate of drug-likeness (QED) is 0.491. The summed E-state index contributed by atoms with van der Waals surface area (Å²) in [5.74, 6) is -0.924. The summed E-state index contributed by atoms with van der Waals surface area (Å²) in [7, 11) is 0. The Morgan fingerprint density at radius 1 is 1.03 bits per heavy atom. The Labute approximate surface area is 184 Å². The van der Waals surface area contributed by atoms with Gasteiger partial charge in [0.1, 0.15) is 11.4 Å². The van der Waals surface area contributed by atoms with Crippen LogP contribution in [-0.4, -0.2) is 25.8 Å². The molecule has 0 saturated heterocycles. The maximum atomic E-state index is 14.6. The van der Waals surface area contributed by atoms with Gasteiger partial charge in [0.15, 0.2) is 0 Å². The van der Waals surface area contributed by atoms with Crippen LogP contribution in [0, 0.1) is 5.82 Å². The van der Waals surface area contributed by atoms with Crippen molar-refractivity contribution in [3.63, 3.8) is 0 Å². The van der Waals surface area contributed by atoms with Gasteiger partial charge in [0.05, 0.1) is 34.6 Å². The summed E-state index contributed by atoms with van der Waals surface area (Å²) in [5, 5.41) is 25.3. The summed E-state index contributed by atoms with van der Waals surface area (Å²) in [6, 6.07) is 6.85. The minimum Gasteiger partial charge on any atom is -0.390 e. The largest absolute Gasteiger partial charge is 0.390 e. The molecule has 0 unspecified atom stereocenters. The number of nitrogens with one attached hydrogen (secondary N) is 1. The summed E-state index contributed by atoms with van der Waals surface area (Å²) >= 11 is 0. The van der Waals surface area contributed by atoms with Gasteiger partial charge < -0.3 is 15.5 Å². The lowest BCUT2D eigenvalue weighted by atomic mass is 9.75. The van der Waals surface area contributed by atoms with Gasteiger partial charge in [-0.1, -0.05) is 18.2 Å². The van der Waals surface area contributed by atoms with Gasteiger partial charge in [0.25, 0.3) is 6.43 Å². The van der Waals surface area contributed by atoms with Crippen LogP contribution in [0.3, 0.4) is 0 Å². The fraction of sp³-hybridized carbons (Fsp3) is 0.417. The number of fused-ring (bicyclic) bond motifs is 1. The number of hydrogen-bond donors (Lipinski definition) is 3. The van der Waals surface area contributed by atoms with Crippen molar-refractivity contribution in [2.75, 3.05) is 5.32 Å². The standard InChI is InChI=1S/C24H26F3N3O2/c1-14(15-4-3-5-16(21(15)25)22(26)27)30-18-6-11-28-19-13-29-20(12-17(18)19)24(32)9-7-23(2,31)8-10-24/h3-6,11-14,22,31-32H,7-10H2,1-2H3,(H,28,30)/t14-,23?,24?/m1/s1. The van der Waals surface area contributed by atoms with Gasteiger partial charge in [-0.2, -0.15) is 0 Å². The lowest BCUT2D eigenvalue weighted by Crippen LogP contribution is -2.39. The van der Waals surface area contributed by atoms with E-state index in [0.717, 1.165) is 6.07 Å². The number of halogens is 3. The molecule has 1 aliphatic rings. The van der Waals surface area contributed by atoms with Gasteiger partial charge in [-0.15, -0.1) is 0 Å². The zero-order chi connectivity index (χ0) is 23.1. The molecule has 0 bridgehead atoms. The van der Waals surface area contributed by atoms with Crippen molar-refractivity contribution < 1.29 is 23.4 Å². The number of pyridine rings is 2. The molecule has 32 heavy (non-hydrogen) atoms. The normalized spacial score (nSPS) is 24.6.